The second-order valence-corrected chi connectivity index (χ2v) is 9.12. The average Bonchev–Trinajstić information content (AvgIpc) is 3.23. The van der Waals surface area contributed by atoms with Crippen LogP contribution in [0.4, 0.5) is 21.9 Å². The maximum Gasteiger partial charge on any atom is 0.416 e. The van der Waals surface area contributed by atoms with Gasteiger partial charge < -0.3 is 15.2 Å². The minimum Gasteiger partial charge on any atom is -0.497 e. The Balaban J connectivity index is 1.79. The zero-order valence-corrected chi connectivity index (χ0v) is 22.0. The molecule has 0 saturated heterocycles. The predicted octanol–water partition coefficient (Wildman–Crippen LogP) is 6.72. The predicted molar refractivity (Wildman–Crippen MR) is 141 cm³/mol. The molecule has 0 aliphatic heterocycles. The second kappa shape index (κ2) is 10.6. The molecule has 36 heavy (non-hydrogen) atoms. The van der Waals surface area contributed by atoms with Crippen LogP contribution in [0.15, 0.2) is 65.4 Å². The van der Waals surface area contributed by atoms with Gasteiger partial charge in [-0.05, 0) is 76.9 Å². The third-order valence-electron chi connectivity index (χ3n) is 5.13. The number of pyridine rings is 1. The number of anilines is 3. The molecule has 2 heterocycles. The van der Waals surface area contributed by atoms with E-state index in [1.54, 1.807) is 49.4 Å². The first-order chi connectivity index (χ1) is 17.2. The van der Waals surface area contributed by atoms with Gasteiger partial charge in [-0.25, -0.2) is 19.4 Å². The minimum absolute atomic E-state index is 0.120. The molecule has 0 aliphatic carbocycles. The fourth-order valence-corrected chi connectivity index (χ4v) is 4.38. The lowest BCUT2D eigenvalue weighted by Crippen LogP contribution is -2.26. The van der Waals surface area contributed by atoms with Gasteiger partial charge in [0.2, 0.25) is 0 Å². The molecule has 0 aliphatic rings. The fourth-order valence-electron chi connectivity index (χ4n) is 3.53. The highest BCUT2D eigenvalue weighted by atomic mass is 79.9. The van der Waals surface area contributed by atoms with Crippen LogP contribution in [0.1, 0.15) is 16.1 Å². The Labute approximate surface area is 224 Å². The highest BCUT2D eigenvalue weighted by Gasteiger charge is 2.25. The maximum atomic E-state index is 13.5. The lowest BCUT2D eigenvalue weighted by molar-refractivity contribution is 0.101. The molecule has 0 atom stereocenters. The highest BCUT2D eigenvalue weighted by molar-refractivity contribution is 9.10. The molecule has 0 radical (unpaired) electrons. The number of nitrogens with one attached hydrogen (secondary N) is 1. The number of carboxylic acid groups (broad SMARTS) is 1. The van der Waals surface area contributed by atoms with E-state index in [-0.39, 0.29) is 22.9 Å². The summed E-state index contributed by atoms with van der Waals surface area (Å²) in [5.41, 5.74) is 1.40. The number of aromatic nitrogens is 3. The first kappa shape index (κ1) is 25.5. The molecule has 9 nitrogen and oxygen atoms in total. The van der Waals surface area contributed by atoms with E-state index in [9.17, 15) is 14.7 Å². The molecule has 4 aromatic rings. The van der Waals surface area contributed by atoms with Crippen molar-refractivity contribution in [3.63, 3.8) is 0 Å². The third-order valence-corrected chi connectivity index (χ3v) is 6.03. The van der Waals surface area contributed by atoms with Crippen molar-refractivity contribution >= 4 is 68.2 Å². The topological polar surface area (TPSA) is 110 Å². The number of benzene rings is 2. The number of nitrogens with zero attached hydrogens (tertiary/aromatic N) is 4. The number of hydrogen-bond acceptors (Lipinski definition) is 5. The zero-order valence-electron chi connectivity index (χ0n) is 18.9. The molecule has 2 N–H and O–H groups in total. The summed E-state index contributed by atoms with van der Waals surface area (Å²) >= 11 is 15.8. The SMILES string of the molecule is COc1ccc(N(C(=O)O)c2cc(Cl)cc(C)c2NC(=O)c2cc(Br)nn2-c2ncccc2Cl)cc1. The van der Waals surface area contributed by atoms with E-state index in [1.807, 2.05) is 0 Å². The van der Waals surface area contributed by atoms with Gasteiger partial charge in [-0.1, -0.05) is 23.2 Å². The summed E-state index contributed by atoms with van der Waals surface area (Å²) < 4.78 is 6.85. The molecule has 0 unspecified atom stereocenters. The summed E-state index contributed by atoms with van der Waals surface area (Å²) in [5.74, 6) is 0.252. The maximum absolute atomic E-state index is 13.5. The monoisotopic (exact) mass is 589 g/mol. The van der Waals surface area contributed by atoms with Crippen LogP contribution in [0, 0.1) is 6.92 Å². The van der Waals surface area contributed by atoms with Gasteiger partial charge in [0, 0.05) is 17.3 Å². The first-order valence-electron chi connectivity index (χ1n) is 10.3. The van der Waals surface area contributed by atoms with Crippen molar-refractivity contribution in [2.75, 3.05) is 17.3 Å². The largest absolute Gasteiger partial charge is 0.497 e. The van der Waals surface area contributed by atoms with Crippen molar-refractivity contribution in [2.24, 2.45) is 0 Å². The smallest absolute Gasteiger partial charge is 0.416 e. The summed E-state index contributed by atoms with van der Waals surface area (Å²) in [7, 11) is 1.51. The van der Waals surface area contributed by atoms with Gasteiger partial charge in [0.15, 0.2) is 5.82 Å². The van der Waals surface area contributed by atoms with Crippen molar-refractivity contribution < 1.29 is 19.4 Å². The molecular weight excluding hydrogens is 573 g/mol. The summed E-state index contributed by atoms with van der Waals surface area (Å²) in [6.07, 6.45) is 0.255. The van der Waals surface area contributed by atoms with Gasteiger partial charge in [0.1, 0.15) is 16.0 Å². The van der Waals surface area contributed by atoms with Crippen LogP contribution in [0.25, 0.3) is 5.82 Å². The summed E-state index contributed by atoms with van der Waals surface area (Å²) in [6, 6.07) is 14.3. The van der Waals surface area contributed by atoms with Gasteiger partial charge in [-0.2, -0.15) is 5.10 Å². The van der Waals surface area contributed by atoms with Crippen LogP contribution in [0.2, 0.25) is 10.0 Å². The van der Waals surface area contributed by atoms with E-state index in [0.717, 1.165) is 4.90 Å². The van der Waals surface area contributed by atoms with Gasteiger partial charge in [-0.15, -0.1) is 0 Å². The van der Waals surface area contributed by atoms with Gasteiger partial charge in [-0.3, -0.25) is 4.79 Å². The molecule has 184 valence electrons. The molecular formula is C24H18BrCl2N5O4. The Hall–Kier alpha value is -3.60. The van der Waals surface area contributed by atoms with E-state index in [1.165, 1.54) is 30.1 Å². The van der Waals surface area contributed by atoms with E-state index < -0.39 is 12.0 Å². The van der Waals surface area contributed by atoms with E-state index in [4.69, 9.17) is 27.9 Å². The number of methoxy groups -OCH3 is 1. The lowest BCUT2D eigenvalue weighted by atomic mass is 10.1. The lowest BCUT2D eigenvalue weighted by Gasteiger charge is -2.24. The molecule has 2 aromatic heterocycles. The molecule has 4 rings (SSSR count). The van der Waals surface area contributed by atoms with E-state index in [2.05, 4.69) is 31.3 Å². The quantitative estimate of drug-likeness (QED) is 0.258. The van der Waals surface area contributed by atoms with Gasteiger partial charge in [0.25, 0.3) is 5.91 Å². The molecule has 0 saturated carbocycles. The third kappa shape index (κ3) is 5.15. The highest BCUT2D eigenvalue weighted by Crippen LogP contribution is 2.38. The summed E-state index contributed by atoms with van der Waals surface area (Å²) in [6.45, 7) is 1.71. The van der Waals surface area contributed by atoms with Crippen LogP contribution >= 0.6 is 39.1 Å². The number of carbonyl (C=O) groups excluding carboxylic acids is 1. The van der Waals surface area contributed by atoms with Crippen molar-refractivity contribution in [1.29, 1.82) is 0 Å². The Morgan fingerprint density at radius 1 is 1.14 bits per heavy atom. The summed E-state index contributed by atoms with van der Waals surface area (Å²) in [4.78, 5) is 31.1. The Morgan fingerprint density at radius 3 is 2.50 bits per heavy atom. The Bertz CT molecular complexity index is 1460. The van der Waals surface area contributed by atoms with Gasteiger partial charge >= 0.3 is 6.09 Å². The van der Waals surface area contributed by atoms with Gasteiger partial charge in [0.05, 0.1) is 29.2 Å². The minimum atomic E-state index is -1.27. The number of rotatable bonds is 6. The molecule has 2 aromatic carbocycles. The number of aryl methyl sites for hydroxylation is 1. The van der Waals surface area contributed by atoms with Crippen LogP contribution in [0.5, 0.6) is 5.75 Å². The number of amides is 2. The molecule has 12 heteroatoms. The van der Waals surface area contributed by atoms with Crippen LogP contribution in [-0.4, -0.2) is 39.0 Å². The number of hydrogen-bond donors (Lipinski definition) is 2. The Kier molecular flexibility index (Phi) is 7.48. The molecule has 0 bridgehead atoms. The molecule has 2 amide bonds. The molecule has 0 fully saturated rings. The number of carbonyl (C=O) groups is 2. The van der Waals surface area contributed by atoms with E-state index >= 15 is 0 Å². The summed E-state index contributed by atoms with van der Waals surface area (Å²) in [5, 5.41) is 17.8. The Morgan fingerprint density at radius 2 is 1.86 bits per heavy atom. The van der Waals surface area contributed by atoms with Crippen molar-refractivity contribution in [3.05, 3.63) is 86.7 Å². The van der Waals surface area contributed by atoms with Crippen molar-refractivity contribution in [2.45, 2.75) is 6.92 Å². The van der Waals surface area contributed by atoms with Crippen molar-refractivity contribution in [1.82, 2.24) is 14.8 Å². The standard InChI is InChI=1S/C24H18BrCl2N5O4/c1-13-10-14(26)11-18(31(24(34)35)15-5-7-16(36-2)8-6-15)21(13)29-23(33)19-12-20(25)30-32(19)22-17(27)4-3-9-28-22/h3-12H,1-2H3,(H,29,33)(H,34,35). The van der Waals surface area contributed by atoms with Crippen molar-refractivity contribution in [3.8, 4) is 11.6 Å². The first-order valence-corrected chi connectivity index (χ1v) is 11.9. The fraction of sp³-hybridized carbons (Fsp3) is 0.0833. The van der Waals surface area contributed by atoms with Crippen LogP contribution in [0.3, 0.4) is 0 Å². The van der Waals surface area contributed by atoms with Crippen LogP contribution < -0.4 is 15.0 Å². The molecule has 0 spiro atoms. The second-order valence-electron chi connectivity index (χ2n) is 7.46. The van der Waals surface area contributed by atoms with E-state index in [0.29, 0.717) is 31.6 Å². The van der Waals surface area contributed by atoms with Crippen LogP contribution in [-0.2, 0) is 0 Å². The number of ether oxygens (including phenoxy) is 1. The zero-order chi connectivity index (χ0) is 26.0. The average molecular weight is 591 g/mol. The normalized spacial score (nSPS) is 10.7. The number of halogens is 3.